The van der Waals surface area contributed by atoms with Crippen LogP contribution in [-0.2, 0) is 14.0 Å². The molecule has 1 aliphatic heterocycles. The molecule has 0 atom stereocenters. The van der Waals surface area contributed by atoms with Gasteiger partial charge in [-0.3, -0.25) is 0 Å². The molecular formula is C21H31BFNO5. The molecule has 29 heavy (non-hydrogen) atoms. The fourth-order valence-corrected chi connectivity index (χ4v) is 2.74. The zero-order valence-corrected chi connectivity index (χ0v) is 18.5. The molecule has 1 fully saturated rings. The first-order valence-electron chi connectivity index (χ1n) is 9.61. The molecule has 0 saturated carbocycles. The van der Waals surface area contributed by atoms with Gasteiger partial charge in [-0.15, -0.1) is 0 Å². The van der Waals surface area contributed by atoms with Crippen LogP contribution in [0.2, 0.25) is 0 Å². The van der Waals surface area contributed by atoms with Gasteiger partial charge in [-0.1, -0.05) is 18.2 Å². The van der Waals surface area contributed by atoms with Crippen LogP contribution in [0.15, 0.2) is 23.7 Å². The molecule has 1 aromatic carbocycles. The highest BCUT2D eigenvalue weighted by molar-refractivity contribution is 6.56. The van der Waals surface area contributed by atoms with E-state index in [1.54, 1.807) is 39.0 Å². The third-order valence-corrected chi connectivity index (χ3v) is 4.93. The predicted octanol–water partition coefficient (Wildman–Crippen LogP) is 4.37. The number of carbonyl (C=O) groups is 1. The van der Waals surface area contributed by atoms with Crippen molar-refractivity contribution in [3.63, 3.8) is 0 Å². The summed E-state index contributed by atoms with van der Waals surface area (Å²) in [6.07, 6.45) is 1.15. The van der Waals surface area contributed by atoms with E-state index in [0.717, 1.165) is 0 Å². The third-order valence-electron chi connectivity index (χ3n) is 4.93. The Morgan fingerprint density at radius 2 is 1.79 bits per heavy atom. The van der Waals surface area contributed by atoms with Crippen molar-refractivity contribution >= 4 is 19.3 Å². The van der Waals surface area contributed by atoms with Crippen molar-refractivity contribution in [1.82, 2.24) is 5.32 Å². The van der Waals surface area contributed by atoms with E-state index in [1.807, 2.05) is 27.7 Å². The maximum Gasteiger partial charge on any atom is 0.492 e. The summed E-state index contributed by atoms with van der Waals surface area (Å²) in [5, 5.41) is 2.72. The molecule has 0 unspecified atom stereocenters. The van der Waals surface area contributed by atoms with Crippen molar-refractivity contribution in [2.24, 2.45) is 0 Å². The van der Waals surface area contributed by atoms with Crippen LogP contribution >= 0.6 is 0 Å². The second kappa shape index (κ2) is 8.36. The van der Waals surface area contributed by atoms with Crippen LogP contribution in [0.1, 0.15) is 54.0 Å². The van der Waals surface area contributed by atoms with Gasteiger partial charge in [0.15, 0.2) is 11.6 Å². The van der Waals surface area contributed by atoms with Crippen LogP contribution in [0.3, 0.4) is 0 Å². The number of hydrogen-bond donors (Lipinski definition) is 1. The van der Waals surface area contributed by atoms with Crippen LogP contribution in [0.5, 0.6) is 5.75 Å². The quantitative estimate of drug-likeness (QED) is 0.735. The molecular weight excluding hydrogens is 376 g/mol. The van der Waals surface area contributed by atoms with E-state index in [4.69, 9.17) is 18.8 Å². The highest BCUT2D eigenvalue weighted by atomic mass is 19.1. The molecule has 1 aliphatic rings. The number of alkyl carbamates (subject to hydrolysis) is 1. The molecule has 0 radical (unpaired) electrons. The van der Waals surface area contributed by atoms with Crippen LogP contribution in [-0.4, -0.2) is 43.7 Å². The average Bonchev–Trinajstić information content (AvgIpc) is 2.77. The van der Waals surface area contributed by atoms with E-state index in [2.05, 4.69) is 5.32 Å². The van der Waals surface area contributed by atoms with Crippen LogP contribution in [0.25, 0.3) is 6.08 Å². The van der Waals surface area contributed by atoms with E-state index in [0.29, 0.717) is 11.0 Å². The minimum absolute atomic E-state index is 0.103. The first-order chi connectivity index (χ1) is 13.3. The Hall–Kier alpha value is -2.06. The number of amides is 1. The summed E-state index contributed by atoms with van der Waals surface area (Å²) in [4.78, 5) is 12.1. The fraction of sp³-hybridized carbons (Fsp3) is 0.571. The van der Waals surface area contributed by atoms with Crippen molar-refractivity contribution in [2.45, 2.75) is 65.3 Å². The van der Waals surface area contributed by atoms with Crippen LogP contribution < -0.4 is 10.1 Å². The van der Waals surface area contributed by atoms with Gasteiger partial charge < -0.3 is 24.1 Å². The summed E-state index contributed by atoms with van der Waals surface area (Å²) in [5.74, 6) is -0.367. The number of hydrogen-bond acceptors (Lipinski definition) is 5. The van der Waals surface area contributed by atoms with Gasteiger partial charge in [0.05, 0.1) is 18.3 Å². The lowest BCUT2D eigenvalue weighted by molar-refractivity contribution is 0.00578. The molecule has 6 nitrogen and oxygen atoms in total. The zero-order chi connectivity index (χ0) is 22.0. The lowest BCUT2D eigenvalue weighted by Crippen LogP contribution is -2.41. The Kier molecular flexibility index (Phi) is 6.70. The number of carbonyl (C=O) groups excluding carboxylic acids is 1. The van der Waals surface area contributed by atoms with Crippen LogP contribution in [0, 0.1) is 5.82 Å². The Morgan fingerprint density at radius 1 is 1.21 bits per heavy atom. The van der Waals surface area contributed by atoms with Crippen LogP contribution in [0.4, 0.5) is 9.18 Å². The Labute approximate surface area is 172 Å². The summed E-state index contributed by atoms with van der Waals surface area (Å²) in [6, 6.07) is 4.64. The van der Waals surface area contributed by atoms with E-state index in [-0.39, 0.29) is 12.3 Å². The molecule has 8 heteroatoms. The smallest absolute Gasteiger partial charge is 0.492 e. The summed E-state index contributed by atoms with van der Waals surface area (Å²) in [6.45, 7) is 13.2. The number of rotatable bonds is 5. The van der Waals surface area contributed by atoms with E-state index in [9.17, 15) is 9.18 Å². The minimum Gasteiger partial charge on any atom is -0.493 e. The van der Waals surface area contributed by atoms with Gasteiger partial charge in [0.25, 0.3) is 0 Å². The molecule has 2 rings (SSSR count). The van der Waals surface area contributed by atoms with Crippen molar-refractivity contribution in [2.75, 3.05) is 13.7 Å². The molecule has 1 amide bonds. The topological polar surface area (TPSA) is 66.0 Å². The summed E-state index contributed by atoms with van der Waals surface area (Å²) < 4.78 is 36.9. The van der Waals surface area contributed by atoms with Gasteiger partial charge in [0.1, 0.15) is 5.60 Å². The molecule has 1 aromatic rings. The summed E-state index contributed by atoms with van der Waals surface area (Å²) >= 11 is 0. The van der Waals surface area contributed by atoms with Crippen molar-refractivity contribution in [3.8, 4) is 5.75 Å². The fourth-order valence-electron chi connectivity index (χ4n) is 2.74. The molecule has 1 N–H and O–H groups in total. The molecule has 0 aliphatic carbocycles. The number of para-hydroxylation sites is 1. The maximum atomic E-state index is 14.1. The Morgan fingerprint density at radius 3 is 2.31 bits per heavy atom. The largest absolute Gasteiger partial charge is 0.493 e. The molecule has 0 aromatic heterocycles. The number of ether oxygens (including phenoxy) is 2. The standard InChI is InChI=1S/C21H31BFNO5/c1-19(2,3)27-18(25)24-13-15(22-28-20(4,5)21(6,7)29-22)12-14-10-9-11-16(23)17(14)26-8/h9-12H,13H2,1-8H3,(H,24,25). The highest BCUT2D eigenvalue weighted by Gasteiger charge is 2.52. The first-order valence-corrected chi connectivity index (χ1v) is 9.61. The van der Waals surface area contributed by atoms with E-state index >= 15 is 0 Å². The summed E-state index contributed by atoms with van der Waals surface area (Å²) in [5.41, 5.74) is -0.616. The monoisotopic (exact) mass is 407 g/mol. The number of halogens is 1. The van der Waals surface area contributed by atoms with E-state index < -0.39 is 35.8 Å². The minimum atomic E-state index is -0.720. The van der Waals surface area contributed by atoms with Gasteiger partial charge >= 0.3 is 13.2 Å². The van der Waals surface area contributed by atoms with Crippen molar-refractivity contribution in [1.29, 1.82) is 0 Å². The number of methoxy groups -OCH3 is 1. The normalized spacial score (nSPS) is 18.5. The zero-order valence-electron chi connectivity index (χ0n) is 18.5. The maximum absolute atomic E-state index is 14.1. The van der Waals surface area contributed by atoms with Gasteiger partial charge in [-0.05, 0) is 60.0 Å². The summed E-state index contributed by atoms with van der Waals surface area (Å²) in [7, 11) is 0.686. The lowest BCUT2D eigenvalue weighted by atomic mass is 9.77. The molecule has 160 valence electrons. The SMILES string of the molecule is COc1c(F)cccc1C=C(CNC(=O)OC(C)(C)C)B1OC(C)(C)C(C)(C)O1. The average molecular weight is 407 g/mol. The first kappa shape index (κ1) is 23.2. The molecule has 0 bridgehead atoms. The van der Waals surface area contributed by atoms with E-state index in [1.165, 1.54) is 13.2 Å². The second-order valence-corrected chi connectivity index (χ2v) is 9.03. The molecule has 1 saturated heterocycles. The number of nitrogens with one attached hydrogen (secondary N) is 1. The Bertz CT molecular complexity index is 770. The Balaban J connectivity index is 2.34. The van der Waals surface area contributed by atoms with Gasteiger partial charge in [-0.2, -0.15) is 0 Å². The number of benzene rings is 1. The predicted molar refractivity (Wildman–Crippen MR) is 111 cm³/mol. The second-order valence-electron chi connectivity index (χ2n) is 9.03. The molecule has 1 heterocycles. The van der Waals surface area contributed by atoms with Crippen molar-refractivity contribution < 1.29 is 28.0 Å². The van der Waals surface area contributed by atoms with Gasteiger partial charge in [-0.25, -0.2) is 9.18 Å². The highest BCUT2D eigenvalue weighted by Crippen LogP contribution is 2.39. The molecule has 0 spiro atoms. The van der Waals surface area contributed by atoms with Gasteiger partial charge in [0, 0.05) is 12.1 Å². The van der Waals surface area contributed by atoms with Gasteiger partial charge in [0.2, 0.25) is 0 Å². The third kappa shape index (κ3) is 5.73. The van der Waals surface area contributed by atoms with Crippen molar-refractivity contribution in [3.05, 3.63) is 35.1 Å². The lowest BCUT2D eigenvalue weighted by Gasteiger charge is -2.32.